The van der Waals surface area contributed by atoms with E-state index < -0.39 is 0 Å². The molecule has 0 radical (unpaired) electrons. The molecule has 0 rings (SSSR count). The van der Waals surface area contributed by atoms with Gasteiger partial charge in [0.05, 0.1) is 6.10 Å². The molecule has 0 saturated carbocycles. The van der Waals surface area contributed by atoms with E-state index in [-0.39, 0.29) is 11.5 Å². The molecule has 5 nitrogen and oxygen atoms in total. The highest BCUT2D eigenvalue weighted by atomic mass is 16.3. The van der Waals surface area contributed by atoms with Crippen LogP contribution < -0.4 is 0 Å². The Balaban J connectivity index is -0.0000000848. The van der Waals surface area contributed by atoms with Crippen molar-refractivity contribution in [3.8, 4) is 0 Å². The summed E-state index contributed by atoms with van der Waals surface area (Å²) >= 11 is 0. The minimum Gasteiger partial charge on any atom is -0.396 e. The maximum Gasteiger partial charge on any atom is 0.0509 e. The first kappa shape index (κ1) is 39.3. The van der Waals surface area contributed by atoms with Crippen LogP contribution in [0.1, 0.15) is 120 Å². The van der Waals surface area contributed by atoms with Crippen molar-refractivity contribution in [2.45, 2.75) is 126 Å². The minimum atomic E-state index is -0.116. The Labute approximate surface area is 183 Å². The van der Waals surface area contributed by atoms with E-state index in [0.29, 0.717) is 26.4 Å². The van der Waals surface area contributed by atoms with Gasteiger partial charge in [0.15, 0.2) is 0 Å². The first-order valence-electron chi connectivity index (χ1n) is 11.8. The molecule has 0 aliphatic carbocycles. The summed E-state index contributed by atoms with van der Waals surface area (Å²) in [6.45, 7) is 17.4. The van der Waals surface area contributed by atoms with Gasteiger partial charge in [-0.3, -0.25) is 0 Å². The minimum absolute atomic E-state index is 0.116. The molecule has 0 saturated heterocycles. The number of hydrogen-bond acceptors (Lipinski definition) is 5. The predicted octanol–water partition coefficient (Wildman–Crippen LogP) is 5.31. The SMILES string of the molecule is CCC(C)(C)CO.CCC(C)O.CCCCCCCO.CCCCO.CCCO. The molecule has 0 aliphatic heterocycles. The molecule has 0 amide bonds. The van der Waals surface area contributed by atoms with Crippen LogP contribution in [0.2, 0.25) is 0 Å². The van der Waals surface area contributed by atoms with Crippen LogP contribution in [0.3, 0.4) is 0 Å². The first-order valence-corrected chi connectivity index (χ1v) is 11.8. The van der Waals surface area contributed by atoms with Crippen molar-refractivity contribution in [3.63, 3.8) is 0 Å². The van der Waals surface area contributed by atoms with Crippen LogP contribution >= 0.6 is 0 Å². The van der Waals surface area contributed by atoms with E-state index in [2.05, 4.69) is 20.8 Å². The lowest BCUT2D eigenvalue weighted by Crippen LogP contribution is -2.14. The highest BCUT2D eigenvalue weighted by Crippen LogP contribution is 2.16. The van der Waals surface area contributed by atoms with E-state index in [0.717, 1.165) is 38.5 Å². The smallest absolute Gasteiger partial charge is 0.0509 e. The molecule has 0 aromatic carbocycles. The summed E-state index contributed by atoms with van der Waals surface area (Å²) < 4.78 is 0. The molecule has 29 heavy (non-hydrogen) atoms. The predicted molar refractivity (Wildman–Crippen MR) is 128 cm³/mol. The van der Waals surface area contributed by atoms with Crippen LogP contribution in [-0.4, -0.2) is 58.1 Å². The van der Waals surface area contributed by atoms with Gasteiger partial charge >= 0.3 is 0 Å². The number of rotatable bonds is 11. The van der Waals surface area contributed by atoms with E-state index in [1.54, 1.807) is 6.92 Å². The van der Waals surface area contributed by atoms with Crippen molar-refractivity contribution in [1.29, 1.82) is 0 Å². The molecule has 184 valence electrons. The molecule has 0 heterocycles. The molecule has 0 aromatic rings. The highest BCUT2D eigenvalue weighted by molar-refractivity contribution is 4.62. The summed E-state index contributed by atoms with van der Waals surface area (Å²) in [6.07, 6.45) is 10.8. The fraction of sp³-hybridized carbons (Fsp3) is 1.00. The first-order chi connectivity index (χ1) is 13.6. The van der Waals surface area contributed by atoms with Gasteiger partial charge in [-0.1, -0.05) is 80.6 Å². The number of hydrogen-bond donors (Lipinski definition) is 5. The van der Waals surface area contributed by atoms with Crippen LogP contribution in [0.15, 0.2) is 0 Å². The third kappa shape index (κ3) is 74.1. The standard InChI is InChI=1S/C7H16O.C6H14O.2C4H10O.C3H8O/c1-2-3-4-5-6-7-8;1-4-6(2,3)5-7;1-3-4(2)5;1-2-3-4-5;1-2-3-4/h8H,2-7H2,1H3;7H,4-5H2,1-3H3;4-5H,3H2,1-2H3;5H,2-4H2,1H3;4H,2-3H2,1H3. The summed E-state index contributed by atoms with van der Waals surface area (Å²) in [4.78, 5) is 0. The molecule has 1 atom stereocenters. The van der Waals surface area contributed by atoms with Crippen LogP contribution in [-0.2, 0) is 0 Å². The van der Waals surface area contributed by atoms with Crippen LogP contribution in [0.5, 0.6) is 0 Å². The van der Waals surface area contributed by atoms with E-state index in [4.69, 9.17) is 25.5 Å². The zero-order chi connectivity index (χ0) is 24.0. The number of aliphatic hydroxyl groups is 5. The Bertz CT molecular complexity index is 205. The molecule has 0 bridgehead atoms. The number of aliphatic hydroxyl groups excluding tert-OH is 5. The van der Waals surface area contributed by atoms with Gasteiger partial charge in [-0.15, -0.1) is 0 Å². The van der Waals surface area contributed by atoms with Gasteiger partial charge in [0, 0.05) is 26.4 Å². The lowest BCUT2D eigenvalue weighted by molar-refractivity contribution is 0.155. The molecular weight excluding hydrogens is 368 g/mol. The van der Waals surface area contributed by atoms with Gasteiger partial charge in [-0.05, 0) is 44.4 Å². The quantitative estimate of drug-likeness (QED) is 0.288. The van der Waals surface area contributed by atoms with Crippen molar-refractivity contribution in [3.05, 3.63) is 0 Å². The lowest BCUT2D eigenvalue weighted by atomic mass is 9.92. The van der Waals surface area contributed by atoms with E-state index >= 15 is 0 Å². The maximum absolute atomic E-state index is 8.59. The van der Waals surface area contributed by atoms with Gasteiger partial charge in [-0.2, -0.15) is 0 Å². The Kier molecular flexibility index (Phi) is 52.0. The molecule has 0 aliphatic rings. The van der Waals surface area contributed by atoms with Gasteiger partial charge in [0.1, 0.15) is 0 Å². The molecular formula is C24H58O5. The van der Waals surface area contributed by atoms with Crippen molar-refractivity contribution in [1.82, 2.24) is 0 Å². The zero-order valence-electron chi connectivity index (χ0n) is 21.2. The van der Waals surface area contributed by atoms with Crippen LogP contribution in [0.4, 0.5) is 0 Å². The molecule has 5 N–H and O–H groups in total. The zero-order valence-corrected chi connectivity index (χ0v) is 21.2. The fourth-order valence-electron chi connectivity index (χ4n) is 0.985. The third-order valence-electron chi connectivity index (χ3n) is 3.97. The highest BCUT2D eigenvalue weighted by Gasteiger charge is 2.11. The lowest BCUT2D eigenvalue weighted by Gasteiger charge is -2.17. The molecule has 5 heteroatoms. The average Bonchev–Trinajstić information content (AvgIpc) is 2.73. The average molecular weight is 427 g/mol. The van der Waals surface area contributed by atoms with E-state index in [1.165, 1.54) is 25.7 Å². The molecule has 0 aromatic heterocycles. The summed E-state index contributed by atoms with van der Waals surface area (Å²) in [5.41, 5.74) is 0.139. The Hall–Kier alpha value is -0.200. The van der Waals surface area contributed by atoms with Crippen LogP contribution in [0, 0.1) is 5.41 Å². The van der Waals surface area contributed by atoms with Gasteiger partial charge in [0.2, 0.25) is 0 Å². The maximum atomic E-state index is 8.59. The van der Waals surface area contributed by atoms with E-state index in [9.17, 15) is 0 Å². The largest absolute Gasteiger partial charge is 0.396 e. The third-order valence-corrected chi connectivity index (χ3v) is 3.97. The summed E-state index contributed by atoms with van der Waals surface area (Å²) in [7, 11) is 0. The van der Waals surface area contributed by atoms with Gasteiger partial charge in [-0.25, -0.2) is 0 Å². The Morgan fingerprint density at radius 1 is 0.621 bits per heavy atom. The second-order valence-electron chi connectivity index (χ2n) is 7.87. The normalized spacial score (nSPS) is 10.7. The molecule has 0 spiro atoms. The summed E-state index contributed by atoms with van der Waals surface area (Å²) in [5, 5.41) is 41.3. The Morgan fingerprint density at radius 2 is 1.00 bits per heavy atom. The van der Waals surface area contributed by atoms with Gasteiger partial charge < -0.3 is 25.5 Å². The fourth-order valence-corrected chi connectivity index (χ4v) is 0.985. The van der Waals surface area contributed by atoms with Crippen molar-refractivity contribution < 1.29 is 25.5 Å². The topological polar surface area (TPSA) is 101 Å². The summed E-state index contributed by atoms with van der Waals surface area (Å²) in [5.74, 6) is 0. The van der Waals surface area contributed by atoms with Crippen molar-refractivity contribution in [2.24, 2.45) is 5.41 Å². The Morgan fingerprint density at radius 3 is 1.14 bits per heavy atom. The summed E-state index contributed by atoms with van der Waals surface area (Å²) in [6, 6.07) is 0. The van der Waals surface area contributed by atoms with Crippen molar-refractivity contribution >= 4 is 0 Å². The van der Waals surface area contributed by atoms with Crippen molar-refractivity contribution in [2.75, 3.05) is 26.4 Å². The monoisotopic (exact) mass is 426 g/mol. The second kappa shape index (κ2) is 38.4. The molecule has 0 fully saturated rings. The second-order valence-corrected chi connectivity index (χ2v) is 7.87. The van der Waals surface area contributed by atoms with E-state index in [1.807, 2.05) is 27.7 Å². The molecule has 1 unspecified atom stereocenters. The van der Waals surface area contributed by atoms with Gasteiger partial charge in [0.25, 0.3) is 0 Å². The number of unbranched alkanes of at least 4 members (excludes halogenated alkanes) is 5. The van der Waals surface area contributed by atoms with Crippen LogP contribution in [0.25, 0.3) is 0 Å².